The lowest BCUT2D eigenvalue weighted by Gasteiger charge is -2.08. The number of nitrogens with zero attached hydrogens (tertiary/aromatic N) is 1. The molecule has 3 heteroatoms. The van der Waals surface area contributed by atoms with Crippen LogP contribution in [0.5, 0.6) is 0 Å². The zero-order valence-electron chi connectivity index (χ0n) is 5.17. The number of cyclic esters (lactones) is 1. The van der Waals surface area contributed by atoms with Gasteiger partial charge >= 0.3 is 6.09 Å². The molecule has 2 heterocycles. The fraction of sp³-hybridized carbons (Fsp3) is 0.833. The molecule has 2 rings (SSSR count). The highest BCUT2D eigenvalue weighted by Crippen LogP contribution is 2.23. The van der Waals surface area contributed by atoms with Gasteiger partial charge in [-0.2, -0.15) is 0 Å². The zero-order chi connectivity index (χ0) is 6.27. The smallest absolute Gasteiger partial charge is 0.410 e. The first-order chi connectivity index (χ1) is 4.38. The van der Waals surface area contributed by atoms with E-state index in [4.69, 9.17) is 4.74 Å². The summed E-state index contributed by atoms with van der Waals surface area (Å²) in [5.41, 5.74) is 0. The second kappa shape index (κ2) is 1.62. The number of hydrogen-bond donors (Lipinski definition) is 0. The van der Waals surface area contributed by atoms with Gasteiger partial charge in [-0.25, -0.2) is 4.79 Å². The van der Waals surface area contributed by atoms with E-state index in [-0.39, 0.29) is 6.09 Å². The fourth-order valence-corrected chi connectivity index (χ4v) is 1.50. The Balaban J connectivity index is 2.15. The largest absolute Gasteiger partial charge is 0.447 e. The first kappa shape index (κ1) is 5.09. The Morgan fingerprint density at radius 3 is 3.33 bits per heavy atom. The van der Waals surface area contributed by atoms with E-state index in [1.54, 1.807) is 0 Å². The average Bonchev–Trinajstić information content (AvgIpc) is 2.35. The van der Waals surface area contributed by atoms with Crippen molar-refractivity contribution in [1.29, 1.82) is 0 Å². The molecule has 0 aliphatic carbocycles. The van der Waals surface area contributed by atoms with Crippen molar-refractivity contribution in [3.63, 3.8) is 0 Å². The normalized spacial score (nSPS) is 32.7. The minimum Gasteiger partial charge on any atom is -0.447 e. The molecule has 0 bridgehead atoms. The third-order valence-corrected chi connectivity index (χ3v) is 2.01. The summed E-state index contributed by atoms with van der Waals surface area (Å²) in [6.07, 6.45) is 2.17. The van der Waals surface area contributed by atoms with Crippen molar-refractivity contribution in [2.45, 2.75) is 18.9 Å². The molecule has 0 saturated carbocycles. The first-order valence-electron chi connectivity index (χ1n) is 3.31. The van der Waals surface area contributed by atoms with Crippen LogP contribution in [0.25, 0.3) is 0 Å². The summed E-state index contributed by atoms with van der Waals surface area (Å²) in [7, 11) is 0. The van der Waals surface area contributed by atoms with E-state index in [0.29, 0.717) is 12.6 Å². The van der Waals surface area contributed by atoms with Gasteiger partial charge in [0.05, 0.1) is 6.04 Å². The maximum atomic E-state index is 10.8. The van der Waals surface area contributed by atoms with Crippen LogP contribution in [0.15, 0.2) is 0 Å². The van der Waals surface area contributed by atoms with Crippen LogP contribution in [-0.2, 0) is 4.74 Å². The molecule has 0 spiro atoms. The Bertz CT molecular complexity index is 146. The number of fused-ring (bicyclic) bond motifs is 1. The minimum atomic E-state index is -0.113. The van der Waals surface area contributed by atoms with Crippen molar-refractivity contribution in [2.75, 3.05) is 13.2 Å². The number of amides is 1. The molecule has 1 unspecified atom stereocenters. The van der Waals surface area contributed by atoms with E-state index in [9.17, 15) is 4.79 Å². The van der Waals surface area contributed by atoms with Crippen LogP contribution in [-0.4, -0.2) is 30.2 Å². The minimum absolute atomic E-state index is 0.113. The molecule has 0 aromatic rings. The van der Waals surface area contributed by atoms with E-state index in [2.05, 4.69) is 0 Å². The number of carbonyl (C=O) groups is 1. The third-order valence-electron chi connectivity index (χ3n) is 2.01. The Morgan fingerprint density at radius 1 is 1.67 bits per heavy atom. The van der Waals surface area contributed by atoms with Gasteiger partial charge in [-0.15, -0.1) is 0 Å². The monoisotopic (exact) mass is 127 g/mol. The molecule has 0 aromatic carbocycles. The average molecular weight is 127 g/mol. The van der Waals surface area contributed by atoms with Gasteiger partial charge in [0.2, 0.25) is 0 Å². The van der Waals surface area contributed by atoms with Gasteiger partial charge in [0.25, 0.3) is 0 Å². The van der Waals surface area contributed by atoms with E-state index in [1.165, 1.54) is 0 Å². The molecular formula is C6H9NO2. The van der Waals surface area contributed by atoms with Gasteiger partial charge in [0.1, 0.15) is 6.61 Å². The van der Waals surface area contributed by atoms with Crippen LogP contribution in [0.1, 0.15) is 12.8 Å². The summed E-state index contributed by atoms with van der Waals surface area (Å²) in [4.78, 5) is 12.6. The molecule has 2 aliphatic rings. The second-order valence-electron chi connectivity index (χ2n) is 2.57. The lowest BCUT2D eigenvalue weighted by atomic mass is 10.2. The fourth-order valence-electron chi connectivity index (χ4n) is 1.50. The van der Waals surface area contributed by atoms with Crippen LogP contribution >= 0.6 is 0 Å². The molecule has 9 heavy (non-hydrogen) atoms. The van der Waals surface area contributed by atoms with Crippen molar-refractivity contribution >= 4 is 6.09 Å². The number of ether oxygens (including phenoxy) is 1. The quantitative estimate of drug-likeness (QED) is 0.477. The number of carbonyl (C=O) groups excluding carboxylic acids is 1. The molecule has 1 amide bonds. The summed E-state index contributed by atoms with van der Waals surface area (Å²) in [5.74, 6) is 0. The van der Waals surface area contributed by atoms with Crippen LogP contribution in [0.3, 0.4) is 0 Å². The molecule has 50 valence electrons. The maximum absolute atomic E-state index is 10.8. The van der Waals surface area contributed by atoms with Crippen molar-refractivity contribution < 1.29 is 9.53 Å². The molecule has 2 aliphatic heterocycles. The highest BCUT2D eigenvalue weighted by Gasteiger charge is 2.35. The van der Waals surface area contributed by atoms with Gasteiger partial charge in [-0.3, -0.25) is 0 Å². The summed E-state index contributed by atoms with van der Waals surface area (Å²) < 4.78 is 4.81. The molecule has 0 radical (unpaired) electrons. The van der Waals surface area contributed by atoms with Gasteiger partial charge in [-0.05, 0) is 12.8 Å². The zero-order valence-corrected chi connectivity index (χ0v) is 5.17. The molecule has 0 N–H and O–H groups in total. The molecular weight excluding hydrogens is 118 g/mol. The maximum Gasteiger partial charge on any atom is 0.410 e. The van der Waals surface area contributed by atoms with Crippen molar-refractivity contribution in [1.82, 2.24) is 4.90 Å². The molecule has 3 nitrogen and oxygen atoms in total. The van der Waals surface area contributed by atoms with Crippen LogP contribution < -0.4 is 0 Å². The van der Waals surface area contributed by atoms with Gasteiger partial charge < -0.3 is 9.64 Å². The third kappa shape index (κ3) is 0.605. The molecule has 2 saturated heterocycles. The van der Waals surface area contributed by atoms with Gasteiger partial charge in [0.15, 0.2) is 0 Å². The van der Waals surface area contributed by atoms with E-state index in [0.717, 1.165) is 19.4 Å². The SMILES string of the molecule is O=C1OCC2CCCN12. The molecule has 0 aromatic heterocycles. The van der Waals surface area contributed by atoms with Crippen LogP contribution in [0.2, 0.25) is 0 Å². The summed E-state index contributed by atoms with van der Waals surface area (Å²) in [6.45, 7) is 1.53. The Morgan fingerprint density at radius 2 is 2.56 bits per heavy atom. The van der Waals surface area contributed by atoms with Gasteiger partial charge in [0, 0.05) is 6.54 Å². The summed E-state index contributed by atoms with van der Waals surface area (Å²) in [6, 6.07) is 0.414. The summed E-state index contributed by atoms with van der Waals surface area (Å²) in [5, 5.41) is 0. The predicted molar refractivity (Wildman–Crippen MR) is 31.1 cm³/mol. The Labute approximate surface area is 53.6 Å². The highest BCUT2D eigenvalue weighted by molar-refractivity contribution is 5.70. The highest BCUT2D eigenvalue weighted by atomic mass is 16.6. The van der Waals surface area contributed by atoms with Crippen molar-refractivity contribution in [2.24, 2.45) is 0 Å². The van der Waals surface area contributed by atoms with Crippen molar-refractivity contribution in [3.05, 3.63) is 0 Å². The van der Waals surface area contributed by atoms with Crippen LogP contribution in [0.4, 0.5) is 4.79 Å². The van der Waals surface area contributed by atoms with E-state index >= 15 is 0 Å². The molecule has 2 fully saturated rings. The lowest BCUT2D eigenvalue weighted by molar-refractivity contribution is 0.159. The first-order valence-corrected chi connectivity index (χ1v) is 3.31. The van der Waals surface area contributed by atoms with E-state index < -0.39 is 0 Å². The van der Waals surface area contributed by atoms with E-state index in [1.807, 2.05) is 4.90 Å². The molecule has 1 atom stereocenters. The topological polar surface area (TPSA) is 29.5 Å². The van der Waals surface area contributed by atoms with Crippen LogP contribution in [0, 0.1) is 0 Å². The van der Waals surface area contributed by atoms with Gasteiger partial charge in [-0.1, -0.05) is 0 Å². The lowest BCUT2D eigenvalue weighted by Crippen LogP contribution is -2.26. The summed E-state index contributed by atoms with van der Waals surface area (Å²) >= 11 is 0. The predicted octanol–water partition coefficient (Wildman–Crippen LogP) is 0.601. The van der Waals surface area contributed by atoms with Crippen molar-refractivity contribution in [3.8, 4) is 0 Å². The standard InChI is InChI=1S/C6H9NO2/c8-6-7-3-1-2-5(7)4-9-6/h5H,1-4H2. The number of hydrogen-bond acceptors (Lipinski definition) is 2. The number of rotatable bonds is 0. The Kier molecular flexibility index (Phi) is 0.917. The second-order valence-corrected chi connectivity index (χ2v) is 2.57. The Hall–Kier alpha value is -0.730.